The van der Waals surface area contributed by atoms with E-state index in [2.05, 4.69) is 18.2 Å². The molecular weight excluding hydrogens is 292 g/mol. The third-order valence-corrected chi connectivity index (χ3v) is 4.74. The van der Waals surface area contributed by atoms with Crippen LogP contribution in [0.4, 0.5) is 4.79 Å². The minimum atomic E-state index is -0.297. The molecule has 2 amide bonds. The van der Waals surface area contributed by atoms with Gasteiger partial charge in [-0.25, -0.2) is 4.79 Å². The SMILES string of the molecule is CCOC(=O)N1CCCC(C(=O)N2CCc3ccccc3C2)C1. The molecule has 0 saturated carbocycles. The third kappa shape index (κ3) is 3.49. The molecule has 1 aromatic carbocycles. The van der Waals surface area contributed by atoms with Gasteiger partial charge in [-0.2, -0.15) is 0 Å². The summed E-state index contributed by atoms with van der Waals surface area (Å²) in [6, 6.07) is 8.31. The van der Waals surface area contributed by atoms with Gasteiger partial charge in [0.05, 0.1) is 12.5 Å². The predicted octanol–water partition coefficient (Wildman–Crippen LogP) is 2.44. The zero-order valence-corrected chi connectivity index (χ0v) is 13.7. The summed E-state index contributed by atoms with van der Waals surface area (Å²) in [6.45, 7) is 4.80. The van der Waals surface area contributed by atoms with Crippen LogP contribution in [0.5, 0.6) is 0 Å². The Morgan fingerprint density at radius 2 is 1.96 bits per heavy atom. The summed E-state index contributed by atoms with van der Waals surface area (Å²) in [5.74, 6) is 0.0759. The van der Waals surface area contributed by atoms with Crippen molar-refractivity contribution in [1.29, 1.82) is 0 Å². The van der Waals surface area contributed by atoms with Crippen LogP contribution < -0.4 is 0 Å². The number of amides is 2. The number of rotatable bonds is 2. The first-order valence-corrected chi connectivity index (χ1v) is 8.46. The van der Waals surface area contributed by atoms with Gasteiger partial charge in [0.2, 0.25) is 5.91 Å². The largest absolute Gasteiger partial charge is 0.450 e. The van der Waals surface area contributed by atoms with Crippen molar-refractivity contribution in [1.82, 2.24) is 9.80 Å². The molecule has 1 fully saturated rings. The minimum absolute atomic E-state index is 0.0987. The van der Waals surface area contributed by atoms with E-state index in [0.29, 0.717) is 26.2 Å². The number of nitrogens with zero attached hydrogens (tertiary/aromatic N) is 2. The van der Waals surface area contributed by atoms with E-state index in [1.807, 2.05) is 11.0 Å². The lowest BCUT2D eigenvalue weighted by Gasteiger charge is -2.36. The van der Waals surface area contributed by atoms with Crippen LogP contribution in [0.1, 0.15) is 30.9 Å². The zero-order valence-electron chi connectivity index (χ0n) is 13.7. The van der Waals surface area contributed by atoms with Crippen molar-refractivity contribution in [3.63, 3.8) is 0 Å². The summed E-state index contributed by atoms with van der Waals surface area (Å²) in [6.07, 6.45) is 2.33. The lowest BCUT2D eigenvalue weighted by Crippen LogP contribution is -2.47. The molecule has 5 heteroatoms. The van der Waals surface area contributed by atoms with Gasteiger partial charge < -0.3 is 14.5 Å². The molecule has 2 aliphatic heterocycles. The Kier molecular flexibility index (Phi) is 4.84. The highest BCUT2D eigenvalue weighted by Crippen LogP contribution is 2.24. The Morgan fingerprint density at radius 3 is 2.74 bits per heavy atom. The highest BCUT2D eigenvalue weighted by Gasteiger charge is 2.32. The smallest absolute Gasteiger partial charge is 0.409 e. The molecule has 2 heterocycles. The maximum atomic E-state index is 12.8. The number of likely N-dealkylation sites (tertiary alicyclic amines) is 1. The van der Waals surface area contributed by atoms with Crippen LogP contribution in [0.15, 0.2) is 24.3 Å². The second-order valence-electron chi connectivity index (χ2n) is 6.26. The number of ether oxygens (including phenoxy) is 1. The molecule has 3 rings (SSSR count). The van der Waals surface area contributed by atoms with Gasteiger partial charge in [-0.15, -0.1) is 0 Å². The minimum Gasteiger partial charge on any atom is -0.450 e. The molecule has 23 heavy (non-hydrogen) atoms. The lowest BCUT2D eigenvalue weighted by molar-refractivity contribution is -0.138. The Hall–Kier alpha value is -2.04. The van der Waals surface area contributed by atoms with Crippen LogP contribution in [0.2, 0.25) is 0 Å². The normalized spacial score (nSPS) is 20.8. The average molecular weight is 316 g/mol. The van der Waals surface area contributed by atoms with Crippen LogP contribution in [0.3, 0.4) is 0 Å². The standard InChI is InChI=1S/C18H24N2O3/c1-2-23-18(22)20-10-5-8-16(13-20)17(21)19-11-9-14-6-3-4-7-15(14)12-19/h3-4,6-7,16H,2,5,8-13H2,1H3. The average Bonchev–Trinajstić information content (AvgIpc) is 2.61. The number of piperidine rings is 1. The predicted molar refractivity (Wildman–Crippen MR) is 86.9 cm³/mol. The van der Waals surface area contributed by atoms with Crippen LogP contribution in [0, 0.1) is 5.92 Å². The van der Waals surface area contributed by atoms with Crippen LogP contribution in [-0.2, 0) is 22.5 Å². The number of carbonyl (C=O) groups is 2. The van der Waals surface area contributed by atoms with Gasteiger partial charge in [-0.1, -0.05) is 24.3 Å². The fourth-order valence-corrected chi connectivity index (χ4v) is 3.50. The van der Waals surface area contributed by atoms with Gasteiger partial charge in [0.15, 0.2) is 0 Å². The molecule has 124 valence electrons. The van der Waals surface area contributed by atoms with Crippen LogP contribution in [-0.4, -0.2) is 48.0 Å². The molecule has 0 spiro atoms. The van der Waals surface area contributed by atoms with E-state index in [1.165, 1.54) is 11.1 Å². The molecule has 1 saturated heterocycles. The lowest BCUT2D eigenvalue weighted by atomic mass is 9.94. The Balaban J connectivity index is 1.63. The number of fused-ring (bicyclic) bond motifs is 1. The summed E-state index contributed by atoms with van der Waals surface area (Å²) < 4.78 is 5.06. The molecule has 1 aromatic rings. The molecule has 2 aliphatic rings. The summed E-state index contributed by atoms with van der Waals surface area (Å²) in [5.41, 5.74) is 2.58. The first-order chi connectivity index (χ1) is 11.2. The summed E-state index contributed by atoms with van der Waals surface area (Å²) in [5, 5.41) is 0. The molecule has 1 atom stereocenters. The quantitative estimate of drug-likeness (QED) is 0.842. The van der Waals surface area contributed by atoms with Crippen LogP contribution >= 0.6 is 0 Å². The number of carbonyl (C=O) groups excluding carboxylic acids is 2. The van der Waals surface area contributed by atoms with Gasteiger partial charge in [-0.3, -0.25) is 4.79 Å². The molecule has 1 unspecified atom stereocenters. The van der Waals surface area contributed by atoms with Crippen molar-refractivity contribution in [2.24, 2.45) is 5.92 Å². The van der Waals surface area contributed by atoms with Gasteiger partial charge in [0.25, 0.3) is 0 Å². The summed E-state index contributed by atoms with van der Waals surface area (Å²) in [7, 11) is 0. The fraction of sp³-hybridized carbons (Fsp3) is 0.556. The first kappa shape index (κ1) is 15.8. The Labute approximate surface area is 137 Å². The van der Waals surface area contributed by atoms with E-state index in [-0.39, 0.29) is 17.9 Å². The molecular formula is C18H24N2O3. The van der Waals surface area contributed by atoms with Gasteiger partial charge in [0, 0.05) is 26.2 Å². The highest BCUT2D eigenvalue weighted by atomic mass is 16.6. The molecule has 5 nitrogen and oxygen atoms in total. The number of hydrogen-bond acceptors (Lipinski definition) is 3. The molecule has 0 aliphatic carbocycles. The van der Waals surface area contributed by atoms with Gasteiger partial charge >= 0.3 is 6.09 Å². The van der Waals surface area contributed by atoms with Crippen molar-refractivity contribution in [2.75, 3.05) is 26.2 Å². The van der Waals surface area contributed by atoms with E-state index in [9.17, 15) is 9.59 Å². The summed E-state index contributed by atoms with van der Waals surface area (Å²) >= 11 is 0. The fourth-order valence-electron chi connectivity index (χ4n) is 3.50. The van der Waals surface area contributed by atoms with Crippen molar-refractivity contribution in [3.8, 4) is 0 Å². The Morgan fingerprint density at radius 1 is 1.17 bits per heavy atom. The second kappa shape index (κ2) is 7.02. The van der Waals surface area contributed by atoms with Crippen molar-refractivity contribution < 1.29 is 14.3 Å². The van der Waals surface area contributed by atoms with Crippen molar-refractivity contribution in [2.45, 2.75) is 32.7 Å². The topological polar surface area (TPSA) is 49.9 Å². The molecule has 0 N–H and O–H groups in total. The van der Waals surface area contributed by atoms with Gasteiger partial charge in [-0.05, 0) is 37.3 Å². The highest BCUT2D eigenvalue weighted by molar-refractivity contribution is 5.80. The van der Waals surface area contributed by atoms with E-state index >= 15 is 0 Å². The first-order valence-electron chi connectivity index (χ1n) is 8.46. The van der Waals surface area contributed by atoms with Crippen molar-refractivity contribution >= 4 is 12.0 Å². The monoisotopic (exact) mass is 316 g/mol. The summed E-state index contributed by atoms with van der Waals surface area (Å²) in [4.78, 5) is 28.3. The van der Waals surface area contributed by atoms with E-state index < -0.39 is 0 Å². The van der Waals surface area contributed by atoms with Crippen LogP contribution in [0.25, 0.3) is 0 Å². The maximum absolute atomic E-state index is 12.8. The number of benzene rings is 1. The van der Waals surface area contributed by atoms with E-state index in [0.717, 1.165) is 25.8 Å². The third-order valence-electron chi connectivity index (χ3n) is 4.74. The zero-order chi connectivity index (χ0) is 16.2. The Bertz CT molecular complexity index is 587. The maximum Gasteiger partial charge on any atom is 0.409 e. The molecule has 0 bridgehead atoms. The molecule has 0 aromatic heterocycles. The van der Waals surface area contributed by atoms with Gasteiger partial charge in [0.1, 0.15) is 0 Å². The number of hydrogen-bond donors (Lipinski definition) is 0. The van der Waals surface area contributed by atoms with E-state index in [4.69, 9.17) is 4.74 Å². The second-order valence-corrected chi connectivity index (χ2v) is 6.26. The van der Waals surface area contributed by atoms with Crippen molar-refractivity contribution in [3.05, 3.63) is 35.4 Å². The molecule has 0 radical (unpaired) electrons. The van der Waals surface area contributed by atoms with E-state index in [1.54, 1.807) is 11.8 Å².